The van der Waals surface area contributed by atoms with Crippen LogP contribution in [-0.4, -0.2) is 25.8 Å². The molecule has 3 rings (SSSR count). The van der Waals surface area contributed by atoms with Crippen molar-refractivity contribution in [3.8, 4) is 11.6 Å². The molecule has 2 heterocycles. The second-order valence-corrected chi connectivity index (χ2v) is 6.72. The maximum atomic E-state index is 12.5. The molecule has 0 saturated carbocycles. The van der Waals surface area contributed by atoms with Crippen LogP contribution < -0.4 is 0 Å². The van der Waals surface area contributed by atoms with Crippen LogP contribution in [0.5, 0.6) is 0 Å². The van der Waals surface area contributed by atoms with Crippen molar-refractivity contribution in [3.63, 3.8) is 0 Å². The van der Waals surface area contributed by atoms with Crippen LogP contribution in [0.2, 0.25) is 5.02 Å². The summed E-state index contributed by atoms with van der Waals surface area (Å²) in [5, 5.41) is 9.25. The van der Waals surface area contributed by atoms with Crippen molar-refractivity contribution in [1.29, 1.82) is 0 Å². The van der Waals surface area contributed by atoms with E-state index in [1.807, 2.05) is 24.6 Å². The molecule has 7 heteroatoms. The Hall–Kier alpha value is -2.05. The molecular formula is C16H14ClN3O2S. The average Bonchev–Trinajstić information content (AvgIpc) is 3.18. The lowest BCUT2D eigenvalue weighted by atomic mass is 10.1. The van der Waals surface area contributed by atoms with E-state index in [2.05, 4.69) is 10.2 Å². The summed E-state index contributed by atoms with van der Waals surface area (Å²) in [5.74, 6) is 1.29. The predicted molar refractivity (Wildman–Crippen MR) is 89.8 cm³/mol. The average molecular weight is 348 g/mol. The molecule has 0 N–H and O–H groups in total. The van der Waals surface area contributed by atoms with E-state index in [-0.39, 0.29) is 11.0 Å². The number of benzene rings is 1. The van der Waals surface area contributed by atoms with Gasteiger partial charge in [0.1, 0.15) is 0 Å². The van der Waals surface area contributed by atoms with E-state index in [4.69, 9.17) is 16.0 Å². The van der Waals surface area contributed by atoms with Crippen molar-refractivity contribution in [2.45, 2.75) is 17.3 Å². The first-order valence-corrected chi connectivity index (χ1v) is 8.21. The molecule has 0 amide bonds. The minimum atomic E-state index is -0.288. The second-order valence-electron chi connectivity index (χ2n) is 4.97. The Balaban J connectivity index is 1.77. The highest BCUT2D eigenvalue weighted by Crippen LogP contribution is 2.27. The highest BCUT2D eigenvalue weighted by atomic mass is 35.5. The fourth-order valence-electron chi connectivity index (χ4n) is 2.10. The number of hydrogen-bond acceptors (Lipinski definition) is 5. The largest absolute Gasteiger partial charge is 0.461 e. The number of nitrogens with zero attached hydrogens (tertiary/aromatic N) is 3. The first kappa shape index (κ1) is 15.8. The predicted octanol–water partition coefficient (Wildman–Crippen LogP) is 4.09. The van der Waals surface area contributed by atoms with Crippen LogP contribution in [0.4, 0.5) is 0 Å². The Kier molecular flexibility index (Phi) is 4.54. The number of ketones is 1. The molecule has 5 nitrogen and oxygen atoms in total. The van der Waals surface area contributed by atoms with Crippen LogP contribution >= 0.6 is 23.4 Å². The van der Waals surface area contributed by atoms with Gasteiger partial charge >= 0.3 is 0 Å². The lowest BCUT2D eigenvalue weighted by Gasteiger charge is -2.10. The maximum Gasteiger partial charge on any atom is 0.200 e. The molecule has 1 atom stereocenters. The van der Waals surface area contributed by atoms with Crippen molar-refractivity contribution >= 4 is 29.1 Å². The normalized spacial score (nSPS) is 12.3. The van der Waals surface area contributed by atoms with E-state index in [0.29, 0.717) is 27.3 Å². The van der Waals surface area contributed by atoms with Gasteiger partial charge in [-0.25, -0.2) is 0 Å². The van der Waals surface area contributed by atoms with Crippen LogP contribution in [0.15, 0.2) is 52.2 Å². The molecule has 0 saturated heterocycles. The zero-order chi connectivity index (χ0) is 16.4. The summed E-state index contributed by atoms with van der Waals surface area (Å²) in [6.07, 6.45) is 1.59. The first-order chi connectivity index (χ1) is 11.1. The SMILES string of the molecule is C[C@H](Sc1nnc(-c2ccco2)n1C)C(=O)c1ccc(Cl)cc1. The second kappa shape index (κ2) is 6.60. The summed E-state index contributed by atoms with van der Waals surface area (Å²) >= 11 is 7.21. The smallest absolute Gasteiger partial charge is 0.200 e. The monoisotopic (exact) mass is 347 g/mol. The van der Waals surface area contributed by atoms with E-state index in [0.717, 1.165) is 0 Å². The summed E-state index contributed by atoms with van der Waals surface area (Å²) in [5.41, 5.74) is 0.628. The Morgan fingerprint density at radius 1 is 1.26 bits per heavy atom. The zero-order valence-electron chi connectivity index (χ0n) is 12.6. The van der Waals surface area contributed by atoms with Gasteiger partial charge in [0.05, 0.1) is 11.5 Å². The minimum Gasteiger partial charge on any atom is -0.461 e. The molecule has 0 aliphatic carbocycles. The third-order valence-electron chi connectivity index (χ3n) is 3.36. The molecule has 0 radical (unpaired) electrons. The Labute approximate surface area is 142 Å². The fourth-order valence-corrected chi connectivity index (χ4v) is 3.12. The van der Waals surface area contributed by atoms with Crippen LogP contribution in [0, 0.1) is 0 Å². The number of rotatable bonds is 5. The van der Waals surface area contributed by atoms with Crippen LogP contribution in [0.3, 0.4) is 0 Å². The minimum absolute atomic E-state index is 0.0224. The molecule has 0 aliphatic heterocycles. The lowest BCUT2D eigenvalue weighted by Crippen LogP contribution is -2.14. The number of Topliss-reactive ketones (excluding diaryl/α,β-unsaturated/α-hetero) is 1. The van der Waals surface area contributed by atoms with E-state index in [1.165, 1.54) is 11.8 Å². The van der Waals surface area contributed by atoms with Gasteiger partial charge in [-0.2, -0.15) is 0 Å². The number of carbonyl (C=O) groups is 1. The topological polar surface area (TPSA) is 60.9 Å². The molecule has 23 heavy (non-hydrogen) atoms. The molecule has 2 aromatic heterocycles. The molecule has 0 unspecified atom stereocenters. The van der Waals surface area contributed by atoms with Gasteiger partial charge in [0.25, 0.3) is 0 Å². The van der Waals surface area contributed by atoms with Gasteiger partial charge in [0, 0.05) is 17.6 Å². The fraction of sp³-hybridized carbons (Fsp3) is 0.188. The highest BCUT2D eigenvalue weighted by Gasteiger charge is 2.21. The number of hydrogen-bond donors (Lipinski definition) is 0. The summed E-state index contributed by atoms with van der Waals surface area (Å²) in [6.45, 7) is 1.85. The summed E-state index contributed by atoms with van der Waals surface area (Å²) in [7, 11) is 1.85. The van der Waals surface area contributed by atoms with Gasteiger partial charge < -0.3 is 8.98 Å². The van der Waals surface area contributed by atoms with E-state index >= 15 is 0 Å². The number of halogens is 1. The Morgan fingerprint density at radius 3 is 2.65 bits per heavy atom. The van der Waals surface area contributed by atoms with Gasteiger partial charge in [-0.3, -0.25) is 4.79 Å². The van der Waals surface area contributed by atoms with Crippen LogP contribution in [0.25, 0.3) is 11.6 Å². The first-order valence-electron chi connectivity index (χ1n) is 6.96. The molecular weight excluding hydrogens is 334 g/mol. The summed E-state index contributed by atoms with van der Waals surface area (Å²) in [4.78, 5) is 12.5. The molecule has 0 spiro atoms. The van der Waals surface area contributed by atoms with Crippen molar-refractivity contribution in [2.75, 3.05) is 0 Å². The van der Waals surface area contributed by atoms with Gasteiger partial charge in [-0.05, 0) is 43.3 Å². The standard InChI is InChI=1S/C16H14ClN3O2S/c1-10(14(21)11-5-7-12(17)8-6-11)23-16-19-18-15(20(16)2)13-4-3-9-22-13/h3-10H,1-2H3/t10-/m0/s1. The number of furan rings is 1. The lowest BCUT2D eigenvalue weighted by molar-refractivity contribution is 0.0994. The summed E-state index contributed by atoms with van der Waals surface area (Å²) in [6, 6.07) is 10.5. The van der Waals surface area contributed by atoms with Gasteiger partial charge in [0.15, 0.2) is 22.5 Å². The third kappa shape index (κ3) is 3.33. The summed E-state index contributed by atoms with van der Waals surface area (Å²) < 4.78 is 7.15. The molecule has 3 aromatic rings. The number of thioether (sulfide) groups is 1. The molecule has 118 valence electrons. The van der Waals surface area contributed by atoms with Gasteiger partial charge in [0.2, 0.25) is 0 Å². The third-order valence-corrected chi connectivity index (χ3v) is 4.74. The number of aromatic nitrogens is 3. The van der Waals surface area contributed by atoms with Crippen molar-refractivity contribution < 1.29 is 9.21 Å². The number of carbonyl (C=O) groups excluding carboxylic acids is 1. The maximum absolute atomic E-state index is 12.5. The van der Waals surface area contributed by atoms with E-state index in [1.54, 1.807) is 36.6 Å². The van der Waals surface area contributed by atoms with Crippen LogP contribution in [0.1, 0.15) is 17.3 Å². The molecule has 0 aliphatic rings. The van der Waals surface area contributed by atoms with Gasteiger partial charge in [-0.15, -0.1) is 10.2 Å². The van der Waals surface area contributed by atoms with Gasteiger partial charge in [-0.1, -0.05) is 23.4 Å². The van der Waals surface area contributed by atoms with Crippen molar-refractivity contribution in [2.24, 2.45) is 7.05 Å². The van der Waals surface area contributed by atoms with E-state index < -0.39 is 0 Å². The molecule has 1 aromatic carbocycles. The Morgan fingerprint density at radius 2 is 2.00 bits per heavy atom. The van der Waals surface area contributed by atoms with Crippen LogP contribution in [-0.2, 0) is 7.05 Å². The van der Waals surface area contributed by atoms with E-state index in [9.17, 15) is 4.79 Å². The molecule has 0 bridgehead atoms. The highest BCUT2D eigenvalue weighted by molar-refractivity contribution is 8.00. The zero-order valence-corrected chi connectivity index (χ0v) is 14.1. The van der Waals surface area contributed by atoms with Crippen molar-refractivity contribution in [3.05, 3.63) is 53.2 Å². The molecule has 0 fully saturated rings. The van der Waals surface area contributed by atoms with Crippen molar-refractivity contribution in [1.82, 2.24) is 14.8 Å². The quantitative estimate of drug-likeness (QED) is 0.514. The Bertz CT molecular complexity index is 812.